The lowest BCUT2D eigenvalue weighted by molar-refractivity contribution is 0.449. The van der Waals surface area contributed by atoms with Crippen molar-refractivity contribution in [2.24, 2.45) is 0 Å². The highest BCUT2D eigenvalue weighted by Gasteiger charge is 2.23. The van der Waals surface area contributed by atoms with E-state index in [4.69, 9.17) is 0 Å². The molecular formula is C14H16N4O2S. The predicted molar refractivity (Wildman–Crippen MR) is 78.8 cm³/mol. The zero-order valence-electron chi connectivity index (χ0n) is 11.7. The molecule has 0 spiro atoms. The maximum Gasteiger partial charge on any atom is 0.236 e. The third-order valence-electron chi connectivity index (χ3n) is 3.33. The van der Waals surface area contributed by atoms with Gasteiger partial charge in [0, 0.05) is 12.0 Å². The molecule has 21 heavy (non-hydrogen) atoms. The first-order valence-corrected chi connectivity index (χ1v) is 8.14. The Balaban J connectivity index is 1.68. The Hall–Kier alpha value is -1.99. The molecule has 0 amide bonds. The lowest BCUT2D eigenvalue weighted by Crippen LogP contribution is -2.24. The monoisotopic (exact) mass is 304 g/mol. The molecule has 1 aromatic carbocycles. The first-order chi connectivity index (χ1) is 10.0. The molecule has 0 unspecified atom stereocenters. The summed E-state index contributed by atoms with van der Waals surface area (Å²) in [4.78, 5) is 0. The summed E-state index contributed by atoms with van der Waals surface area (Å²) in [6.07, 6.45) is 3.42. The Morgan fingerprint density at radius 1 is 1.19 bits per heavy atom. The Morgan fingerprint density at radius 3 is 2.62 bits per heavy atom. The van der Waals surface area contributed by atoms with Crippen LogP contribution in [0.3, 0.4) is 0 Å². The standard InChI is InChI=1S/C14H16N4O2S/c1-12-3-5-13(6-4-12)9-17-10-14(15-16-17)11-18-7-2-8-21(18,19)20/h2-6,8,10H,7,9,11H2,1H3. The molecule has 1 aliphatic rings. The molecule has 1 aromatic heterocycles. The van der Waals surface area contributed by atoms with Crippen molar-refractivity contribution >= 4 is 10.0 Å². The zero-order valence-corrected chi connectivity index (χ0v) is 12.5. The molecule has 0 saturated heterocycles. The van der Waals surface area contributed by atoms with E-state index in [1.165, 1.54) is 15.3 Å². The average molecular weight is 304 g/mol. The summed E-state index contributed by atoms with van der Waals surface area (Å²) in [6.45, 7) is 3.32. The van der Waals surface area contributed by atoms with Gasteiger partial charge in [-0.3, -0.25) is 0 Å². The normalized spacial score (nSPS) is 17.4. The second-order valence-electron chi connectivity index (χ2n) is 5.10. The van der Waals surface area contributed by atoms with Gasteiger partial charge in [0.1, 0.15) is 0 Å². The van der Waals surface area contributed by atoms with Crippen LogP contribution in [0.2, 0.25) is 0 Å². The number of aryl methyl sites for hydroxylation is 1. The number of aromatic nitrogens is 3. The highest BCUT2D eigenvalue weighted by Crippen LogP contribution is 2.14. The topological polar surface area (TPSA) is 68.1 Å². The highest BCUT2D eigenvalue weighted by atomic mass is 32.2. The summed E-state index contributed by atoms with van der Waals surface area (Å²) in [5.41, 5.74) is 2.99. The number of nitrogens with zero attached hydrogens (tertiary/aromatic N) is 4. The van der Waals surface area contributed by atoms with E-state index >= 15 is 0 Å². The van der Waals surface area contributed by atoms with Crippen LogP contribution in [-0.4, -0.2) is 34.3 Å². The summed E-state index contributed by atoms with van der Waals surface area (Å²) in [5.74, 6) is 0. The molecule has 0 bridgehead atoms. The minimum atomic E-state index is -3.26. The van der Waals surface area contributed by atoms with Gasteiger partial charge in [0.2, 0.25) is 10.0 Å². The van der Waals surface area contributed by atoms with Crippen molar-refractivity contribution in [2.75, 3.05) is 6.54 Å². The molecule has 0 saturated carbocycles. The minimum absolute atomic E-state index is 0.253. The molecule has 3 rings (SSSR count). The van der Waals surface area contributed by atoms with Gasteiger partial charge in [0.05, 0.1) is 25.0 Å². The van der Waals surface area contributed by atoms with Crippen LogP contribution >= 0.6 is 0 Å². The fraction of sp³-hybridized carbons (Fsp3) is 0.286. The van der Waals surface area contributed by atoms with Crippen LogP contribution in [0.5, 0.6) is 0 Å². The Labute approximate surface area is 123 Å². The van der Waals surface area contributed by atoms with Crippen molar-refractivity contribution in [2.45, 2.75) is 20.0 Å². The maximum absolute atomic E-state index is 11.7. The molecule has 7 heteroatoms. The fourth-order valence-electron chi connectivity index (χ4n) is 2.18. The van der Waals surface area contributed by atoms with E-state index in [0.29, 0.717) is 18.8 Å². The molecule has 0 fully saturated rings. The number of hydrogen-bond donors (Lipinski definition) is 0. The zero-order chi connectivity index (χ0) is 14.9. The third-order valence-corrected chi connectivity index (χ3v) is 4.86. The van der Waals surface area contributed by atoms with E-state index in [9.17, 15) is 8.42 Å². The van der Waals surface area contributed by atoms with E-state index in [1.54, 1.807) is 17.0 Å². The fourth-order valence-corrected chi connectivity index (χ4v) is 3.28. The Kier molecular flexibility index (Phi) is 3.60. The largest absolute Gasteiger partial charge is 0.248 e. The molecule has 2 heterocycles. The van der Waals surface area contributed by atoms with Crippen molar-refractivity contribution in [1.82, 2.24) is 19.3 Å². The molecule has 0 aliphatic carbocycles. The van der Waals surface area contributed by atoms with Crippen LogP contribution in [0.4, 0.5) is 0 Å². The molecule has 1 aliphatic heterocycles. The molecule has 0 N–H and O–H groups in total. The quantitative estimate of drug-likeness (QED) is 0.853. The molecular weight excluding hydrogens is 288 g/mol. The molecule has 2 aromatic rings. The first kappa shape index (κ1) is 14.0. The number of hydrogen-bond acceptors (Lipinski definition) is 4. The number of sulfonamides is 1. The van der Waals surface area contributed by atoms with E-state index in [1.807, 2.05) is 19.1 Å². The van der Waals surface area contributed by atoms with Crippen LogP contribution < -0.4 is 0 Å². The predicted octanol–water partition coefficient (Wildman–Crippen LogP) is 1.29. The smallest absolute Gasteiger partial charge is 0.236 e. The number of rotatable bonds is 4. The number of benzene rings is 1. The summed E-state index contributed by atoms with van der Waals surface area (Å²) in [5, 5.41) is 9.31. The third kappa shape index (κ3) is 3.20. The average Bonchev–Trinajstić information content (AvgIpc) is 3.00. The summed E-state index contributed by atoms with van der Waals surface area (Å²) in [6, 6.07) is 8.20. The van der Waals surface area contributed by atoms with Gasteiger partial charge in [0.25, 0.3) is 0 Å². The van der Waals surface area contributed by atoms with Gasteiger partial charge in [-0.05, 0) is 12.5 Å². The van der Waals surface area contributed by atoms with Crippen molar-refractivity contribution in [3.05, 3.63) is 58.8 Å². The maximum atomic E-state index is 11.7. The molecule has 6 nitrogen and oxygen atoms in total. The van der Waals surface area contributed by atoms with Crippen LogP contribution in [0.15, 0.2) is 41.9 Å². The van der Waals surface area contributed by atoms with Gasteiger partial charge in [-0.1, -0.05) is 41.1 Å². The second kappa shape index (κ2) is 5.42. The van der Waals surface area contributed by atoms with Crippen LogP contribution in [0.25, 0.3) is 0 Å². The van der Waals surface area contributed by atoms with Crippen molar-refractivity contribution in [1.29, 1.82) is 0 Å². The van der Waals surface area contributed by atoms with Crippen LogP contribution in [-0.2, 0) is 23.1 Å². The van der Waals surface area contributed by atoms with E-state index in [0.717, 1.165) is 5.56 Å². The van der Waals surface area contributed by atoms with E-state index in [-0.39, 0.29) is 6.54 Å². The summed E-state index contributed by atoms with van der Waals surface area (Å²) in [7, 11) is -3.26. The van der Waals surface area contributed by atoms with Crippen molar-refractivity contribution in [3.8, 4) is 0 Å². The van der Waals surface area contributed by atoms with E-state index < -0.39 is 10.0 Å². The molecule has 0 radical (unpaired) electrons. The van der Waals surface area contributed by atoms with Gasteiger partial charge in [-0.2, -0.15) is 4.31 Å². The molecule has 110 valence electrons. The van der Waals surface area contributed by atoms with Gasteiger partial charge in [-0.25, -0.2) is 13.1 Å². The van der Waals surface area contributed by atoms with Gasteiger partial charge < -0.3 is 0 Å². The van der Waals surface area contributed by atoms with E-state index in [2.05, 4.69) is 22.4 Å². The van der Waals surface area contributed by atoms with Crippen molar-refractivity contribution < 1.29 is 8.42 Å². The lowest BCUT2D eigenvalue weighted by atomic mass is 10.1. The highest BCUT2D eigenvalue weighted by molar-refractivity contribution is 7.92. The van der Waals surface area contributed by atoms with Crippen molar-refractivity contribution in [3.63, 3.8) is 0 Å². The summed E-state index contributed by atoms with van der Waals surface area (Å²) >= 11 is 0. The SMILES string of the molecule is Cc1ccc(Cn2cc(CN3CC=CS3(=O)=O)nn2)cc1. The second-order valence-corrected chi connectivity index (χ2v) is 6.92. The van der Waals surface area contributed by atoms with Gasteiger partial charge >= 0.3 is 0 Å². The Bertz CT molecular complexity index is 763. The van der Waals surface area contributed by atoms with Crippen LogP contribution in [0, 0.1) is 6.92 Å². The van der Waals surface area contributed by atoms with Crippen LogP contribution in [0.1, 0.15) is 16.8 Å². The Morgan fingerprint density at radius 2 is 1.95 bits per heavy atom. The minimum Gasteiger partial charge on any atom is -0.248 e. The van der Waals surface area contributed by atoms with Gasteiger partial charge in [0.15, 0.2) is 0 Å². The van der Waals surface area contributed by atoms with Gasteiger partial charge in [-0.15, -0.1) is 5.10 Å². The molecule has 0 atom stereocenters. The summed E-state index contributed by atoms with van der Waals surface area (Å²) < 4.78 is 26.4. The lowest BCUT2D eigenvalue weighted by Gasteiger charge is -2.11. The first-order valence-electron chi connectivity index (χ1n) is 6.64.